The second-order valence-electron chi connectivity index (χ2n) is 8.49. The summed E-state index contributed by atoms with van der Waals surface area (Å²) in [5.74, 6) is -0.339. The first kappa shape index (κ1) is 23.6. The van der Waals surface area contributed by atoms with Gasteiger partial charge in [0.05, 0.1) is 29.4 Å². The van der Waals surface area contributed by atoms with Crippen molar-refractivity contribution in [1.29, 1.82) is 0 Å². The van der Waals surface area contributed by atoms with E-state index in [1.807, 2.05) is 91.9 Å². The molecule has 0 aliphatic heterocycles. The molecule has 6 heteroatoms. The first-order valence-electron chi connectivity index (χ1n) is 11.3. The van der Waals surface area contributed by atoms with E-state index in [1.54, 1.807) is 0 Å². The molecule has 0 spiro atoms. The Balaban J connectivity index is 1.81. The lowest BCUT2D eigenvalue weighted by Gasteiger charge is -2.20. The van der Waals surface area contributed by atoms with Gasteiger partial charge in [-0.15, -0.1) is 0 Å². The summed E-state index contributed by atoms with van der Waals surface area (Å²) in [7, 11) is -3.38. The van der Waals surface area contributed by atoms with E-state index < -0.39 is 9.84 Å². The van der Waals surface area contributed by atoms with Crippen molar-refractivity contribution >= 4 is 26.6 Å². The minimum atomic E-state index is -3.38. The highest BCUT2D eigenvalue weighted by Gasteiger charge is 2.22. The zero-order chi connectivity index (χ0) is 24.1. The van der Waals surface area contributed by atoms with Crippen molar-refractivity contribution in [1.82, 2.24) is 10.3 Å². The third-order valence-electron chi connectivity index (χ3n) is 5.85. The average Bonchev–Trinajstić information content (AvgIpc) is 2.84. The molecule has 5 nitrogen and oxygen atoms in total. The number of nitrogens with one attached hydrogen (secondary N) is 1. The number of hydrogen-bond acceptors (Lipinski definition) is 4. The zero-order valence-electron chi connectivity index (χ0n) is 19.4. The summed E-state index contributed by atoms with van der Waals surface area (Å²) in [5, 5.41) is 3.93. The lowest BCUT2D eigenvalue weighted by molar-refractivity contribution is -0.121. The lowest BCUT2D eigenvalue weighted by atomic mass is 9.95. The van der Waals surface area contributed by atoms with E-state index in [-0.39, 0.29) is 24.1 Å². The van der Waals surface area contributed by atoms with Gasteiger partial charge in [-0.05, 0) is 29.2 Å². The fourth-order valence-electron chi connectivity index (χ4n) is 4.29. The average molecular weight is 473 g/mol. The van der Waals surface area contributed by atoms with Gasteiger partial charge in [0, 0.05) is 17.2 Å². The number of hydrogen-bond donors (Lipinski definition) is 1. The molecule has 174 valence electrons. The molecule has 1 amide bonds. The number of fused-ring (bicyclic) bond motifs is 1. The van der Waals surface area contributed by atoms with Gasteiger partial charge in [0.25, 0.3) is 0 Å². The molecule has 0 fully saturated rings. The van der Waals surface area contributed by atoms with Gasteiger partial charge in [0.2, 0.25) is 5.91 Å². The molecule has 1 unspecified atom stereocenters. The Morgan fingerprint density at radius 2 is 1.50 bits per heavy atom. The summed E-state index contributed by atoms with van der Waals surface area (Å²) in [5.41, 5.74) is 4.48. The summed E-state index contributed by atoms with van der Waals surface area (Å²) in [4.78, 5) is 18.1. The maximum atomic E-state index is 13.3. The third kappa shape index (κ3) is 5.51. The van der Waals surface area contributed by atoms with Crippen molar-refractivity contribution < 1.29 is 13.2 Å². The number of pyridine rings is 1. The number of sulfone groups is 1. The molecule has 0 aliphatic rings. The van der Waals surface area contributed by atoms with E-state index in [4.69, 9.17) is 4.98 Å². The van der Waals surface area contributed by atoms with E-state index in [2.05, 4.69) is 5.32 Å². The van der Waals surface area contributed by atoms with Crippen LogP contribution in [-0.4, -0.2) is 25.6 Å². The molecule has 3 aromatic carbocycles. The van der Waals surface area contributed by atoms with Crippen molar-refractivity contribution in [2.45, 2.75) is 31.6 Å². The number of carbonyl (C=O) groups excluding carboxylic acids is 1. The van der Waals surface area contributed by atoms with Crippen LogP contribution in [0.1, 0.15) is 36.1 Å². The van der Waals surface area contributed by atoms with Crippen molar-refractivity contribution in [2.24, 2.45) is 0 Å². The van der Waals surface area contributed by atoms with Crippen molar-refractivity contribution in [2.75, 3.05) is 6.26 Å². The minimum Gasteiger partial charge on any atom is -0.349 e. The standard InChI is InChI=1S/C28H28N2O3S/c1-3-25(20-12-6-4-7-13-20)29-27(31)18-23-22-16-10-11-17-26(22)30-28(21-14-8-5-9-15-21)24(23)19-34(2,32)33/h4-17,25H,3,18-19H2,1-2H3,(H,29,31). The number of carbonyl (C=O) groups is 1. The van der Waals surface area contributed by atoms with Crippen LogP contribution in [0.3, 0.4) is 0 Å². The number of aromatic nitrogens is 1. The van der Waals surface area contributed by atoms with Gasteiger partial charge in [0.1, 0.15) is 0 Å². The Morgan fingerprint density at radius 3 is 2.15 bits per heavy atom. The molecular weight excluding hydrogens is 444 g/mol. The minimum absolute atomic E-state index is 0.0665. The van der Waals surface area contributed by atoms with Crippen molar-refractivity contribution in [3.63, 3.8) is 0 Å². The van der Waals surface area contributed by atoms with Crippen LogP contribution in [0.4, 0.5) is 0 Å². The van der Waals surface area contributed by atoms with Gasteiger partial charge < -0.3 is 5.32 Å². The van der Waals surface area contributed by atoms with Crippen molar-refractivity contribution in [3.05, 3.63) is 102 Å². The summed E-state index contributed by atoms with van der Waals surface area (Å²) in [6, 6.07) is 26.8. The lowest BCUT2D eigenvalue weighted by Crippen LogP contribution is -2.30. The largest absolute Gasteiger partial charge is 0.349 e. The highest BCUT2D eigenvalue weighted by molar-refractivity contribution is 7.89. The summed E-state index contributed by atoms with van der Waals surface area (Å²) in [6.45, 7) is 2.03. The van der Waals surface area contributed by atoms with Crippen LogP contribution in [0.15, 0.2) is 84.9 Å². The zero-order valence-corrected chi connectivity index (χ0v) is 20.2. The number of benzene rings is 3. The fraction of sp³-hybridized carbons (Fsp3) is 0.214. The molecule has 4 aromatic rings. The molecule has 1 atom stereocenters. The quantitative estimate of drug-likeness (QED) is 0.380. The Morgan fingerprint density at radius 1 is 0.882 bits per heavy atom. The van der Waals surface area contributed by atoms with Gasteiger partial charge in [-0.1, -0.05) is 85.8 Å². The molecular formula is C28H28N2O3S. The van der Waals surface area contributed by atoms with Crippen LogP contribution in [0, 0.1) is 0 Å². The SMILES string of the molecule is CCC(NC(=O)Cc1c(CS(C)(=O)=O)c(-c2ccccc2)nc2ccccc12)c1ccccc1. The Kier molecular flexibility index (Phi) is 7.08. The molecule has 1 aromatic heterocycles. The van der Waals surface area contributed by atoms with Gasteiger partial charge in [-0.3, -0.25) is 4.79 Å². The normalized spacial score (nSPS) is 12.4. The second-order valence-corrected chi connectivity index (χ2v) is 10.6. The fourth-order valence-corrected chi connectivity index (χ4v) is 5.12. The smallest absolute Gasteiger partial charge is 0.224 e. The maximum absolute atomic E-state index is 13.3. The number of rotatable bonds is 8. The highest BCUT2D eigenvalue weighted by Crippen LogP contribution is 2.32. The van der Waals surface area contributed by atoms with E-state index in [9.17, 15) is 13.2 Å². The predicted molar refractivity (Wildman–Crippen MR) is 137 cm³/mol. The molecule has 1 N–H and O–H groups in total. The van der Waals surface area contributed by atoms with E-state index in [1.165, 1.54) is 6.26 Å². The molecule has 0 aliphatic carbocycles. The van der Waals surface area contributed by atoms with E-state index in [0.717, 1.165) is 28.5 Å². The molecule has 0 saturated heterocycles. The van der Waals surface area contributed by atoms with Crippen LogP contribution in [-0.2, 0) is 26.8 Å². The monoisotopic (exact) mass is 472 g/mol. The van der Waals surface area contributed by atoms with Gasteiger partial charge in [0.15, 0.2) is 9.84 Å². The molecule has 0 saturated carbocycles. The van der Waals surface area contributed by atoms with Gasteiger partial charge >= 0.3 is 0 Å². The summed E-state index contributed by atoms with van der Waals surface area (Å²) >= 11 is 0. The van der Waals surface area contributed by atoms with E-state index in [0.29, 0.717) is 16.8 Å². The van der Waals surface area contributed by atoms with Crippen LogP contribution >= 0.6 is 0 Å². The Hall–Kier alpha value is -3.51. The third-order valence-corrected chi connectivity index (χ3v) is 6.66. The topological polar surface area (TPSA) is 76.1 Å². The van der Waals surface area contributed by atoms with Crippen LogP contribution in [0.5, 0.6) is 0 Å². The first-order valence-corrected chi connectivity index (χ1v) is 13.4. The van der Waals surface area contributed by atoms with Crippen LogP contribution in [0.25, 0.3) is 22.2 Å². The molecule has 4 rings (SSSR count). The number of nitrogens with zero attached hydrogens (tertiary/aromatic N) is 1. The Labute approximate surface area is 200 Å². The summed E-state index contributed by atoms with van der Waals surface area (Å²) in [6.07, 6.45) is 2.03. The first-order chi connectivity index (χ1) is 16.4. The number of para-hydroxylation sites is 1. The summed E-state index contributed by atoms with van der Waals surface area (Å²) < 4.78 is 24.9. The molecule has 0 bridgehead atoms. The Bertz CT molecular complexity index is 1400. The molecule has 1 heterocycles. The van der Waals surface area contributed by atoms with Crippen LogP contribution in [0.2, 0.25) is 0 Å². The molecule has 0 radical (unpaired) electrons. The van der Waals surface area contributed by atoms with Crippen molar-refractivity contribution in [3.8, 4) is 11.3 Å². The predicted octanol–water partition coefficient (Wildman–Crippen LogP) is 5.26. The number of amides is 1. The van der Waals surface area contributed by atoms with Crippen LogP contribution < -0.4 is 5.32 Å². The van der Waals surface area contributed by atoms with Gasteiger partial charge in [-0.25, -0.2) is 13.4 Å². The maximum Gasteiger partial charge on any atom is 0.224 e. The second kappa shape index (κ2) is 10.2. The highest BCUT2D eigenvalue weighted by atomic mass is 32.2. The molecule has 34 heavy (non-hydrogen) atoms. The van der Waals surface area contributed by atoms with E-state index >= 15 is 0 Å². The van der Waals surface area contributed by atoms with Gasteiger partial charge in [-0.2, -0.15) is 0 Å².